The first-order valence-corrected chi connectivity index (χ1v) is 9.93. The zero-order chi connectivity index (χ0) is 21.2. The molecule has 0 fully saturated rings. The number of carbonyl (C=O) groups excluding carboxylic acids is 3. The number of para-hydroxylation sites is 1. The first-order chi connectivity index (χ1) is 14.6. The molecule has 0 atom stereocenters. The highest BCUT2D eigenvalue weighted by Crippen LogP contribution is 2.16. The quantitative estimate of drug-likeness (QED) is 0.527. The molecular formula is C25H24N2O3. The molecule has 2 N–H and O–H groups in total. The molecule has 152 valence electrons. The number of rotatable bonds is 9. The molecule has 5 heteroatoms. The predicted molar refractivity (Wildman–Crippen MR) is 118 cm³/mol. The van der Waals surface area contributed by atoms with Crippen LogP contribution in [-0.4, -0.2) is 24.1 Å². The molecule has 0 unspecified atom stereocenters. The minimum absolute atomic E-state index is 0.0533. The Morgan fingerprint density at radius 2 is 1.33 bits per heavy atom. The van der Waals surface area contributed by atoms with E-state index < -0.39 is 0 Å². The Balaban J connectivity index is 1.53. The smallest absolute Gasteiger partial charge is 0.253 e. The Labute approximate surface area is 176 Å². The van der Waals surface area contributed by atoms with Crippen LogP contribution in [0, 0.1) is 0 Å². The molecule has 0 radical (unpaired) electrons. The summed E-state index contributed by atoms with van der Waals surface area (Å²) in [6.45, 7) is 0.497. The van der Waals surface area contributed by atoms with Gasteiger partial charge in [0.25, 0.3) is 5.91 Å². The number of nitrogens with one attached hydrogen (secondary N) is 2. The fourth-order valence-electron chi connectivity index (χ4n) is 3.06. The summed E-state index contributed by atoms with van der Waals surface area (Å²) < 4.78 is 0. The summed E-state index contributed by atoms with van der Waals surface area (Å²) in [7, 11) is 0. The fraction of sp³-hybridized carbons (Fsp3) is 0.160. The Morgan fingerprint density at radius 3 is 2.07 bits per heavy atom. The van der Waals surface area contributed by atoms with E-state index in [9.17, 15) is 14.4 Å². The van der Waals surface area contributed by atoms with Crippen LogP contribution in [0.1, 0.15) is 39.1 Å². The molecule has 30 heavy (non-hydrogen) atoms. The lowest BCUT2D eigenvalue weighted by Gasteiger charge is -2.11. The molecule has 0 aliphatic rings. The monoisotopic (exact) mass is 400 g/mol. The first kappa shape index (κ1) is 21.0. The summed E-state index contributed by atoms with van der Waals surface area (Å²) in [5.74, 6) is -0.635. The van der Waals surface area contributed by atoms with Gasteiger partial charge in [0.1, 0.15) is 0 Å². The maximum absolute atomic E-state index is 12.6. The molecule has 0 aromatic heterocycles. The van der Waals surface area contributed by atoms with Gasteiger partial charge in [-0.15, -0.1) is 0 Å². The summed E-state index contributed by atoms with van der Waals surface area (Å²) in [5.41, 5.74) is 2.56. The van der Waals surface area contributed by atoms with Gasteiger partial charge in [0.05, 0.1) is 11.3 Å². The molecule has 2 amide bonds. The summed E-state index contributed by atoms with van der Waals surface area (Å²) in [6, 6.07) is 25.6. The number of benzene rings is 3. The second kappa shape index (κ2) is 10.7. The van der Waals surface area contributed by atoms with Gasteiger partial charge >= 0.3 is 0 Å². The van der Waals surface area contributed by atoms with Crippen molar-refractivity contribution < 1.29 is 14.4 Å². The molecule has 0 bridgehead atoms. The molecule has 3 aromatic rings. The molecule has 0 aliphatic heterocycles. The average Bonchev–Trinajstić information content (AvgIpc) is 2.79. The largest absolute Gasteiger partial charge is 0.352 e. The van der Waals surface area contributed by atoms with E-state index in [0.29, 0.717) is 23.4 Å². The number of ketones is 1. The van der Waals surface area contributed by atoms with Crippen LogP contribution in [0.3, 0.4) is 0 Å². The maximum atomic E-state index is 12.6. The van der Waals surface area contributed by atoms with E-state index in [2.05, 4.69) is 10.6 Å². The van der Waals surface area contributed by atoms with Gasteiger partial charge in [-0.25, -0.2) is 0 Å². The fourth-order valence-corrected chi connectivity index (χ4v) is 3.06. The average molecular weight is 400 g/mol. The highest BCUT2D eigenvalue weighted by Gasteiger charge is 2.14. The summed E-state index contributed by atoms with van der Waals surface area (Å²) in [4.78, 5) is 37.1. The van der Waals surface area contributed by atoms with Crippen LogP contribution >= 0.6 is 0 Å². The van der Waals surface area contributed by atoms with Crippen LogP contribution in [0.15, 0.2) is 84.9 Å². The SMILES string of the molecule is O=C(CCC(=O)c1ccccc1)Nc1ccccc1C(=O)NCCc1ccccc1. The molecule has 0 aliphatic carbocycles. The first-order valence-electron chi connectivity index (χ1n) is 9.93. The number of Topliss-reactive ketones (excluding diaryl/α,β-unsaturated/α-hetero) is 1. The molecule has 0 heterocycles. The number of amides is 2. The Morgan fingerprint density at radius 1 is 0.700 bits per heavy atom. The number of hydrogen-bond acceptors (Lipinski definition) is 3. The van der Waals surface area contributed by atoms with Gasteiger partial charge in [-0.2, -0.15) is 0 Å². The van der Waals surface area contributed by atoms with E-state index in [4.69, 9.17) is 0 Å². The molecular weight excluding hydrogens is 376 g/mol. The molecule has 5 nitrogen and oxygen atoms in total. The van der Waals surface area contributed by atoms with Crippen molar-refractivity contribution in [3.05, 3.63) is 102 Å². The van der Waals surface area contributed by atoms with Gasteiger partial charge in [0.15, 0.2) is 5.78 Å². The zero-order valence-electron chi connectivity index (χ0n) is 16.6. The van der Waals surface area contributed by atoms with Gasteiger partial charge in [0, 0.05) is 24.9 Å². The van der Waals surface area contributed by atoms with E-state index in [1.165, 1.54) is 0 Å². The summed E-state index contributed by atoms with van der Waals surface area (Å²) >= 11 is 0. The minimum atomic E-state index is -0.302. The van der Waals surface area contributed by atoms with Crippen molar-refractivity contribution in [3.63, 3.8) is 0 Å². The van der Waals surface area contributed by atoms with Crippen molar-refractivity contribution in [3.8, 4) is 0 Å². The van der Waals surface area contributed by atoms with Crippen molar-refractivity contribution in [1.29, 1.82) is 0 Å². The summed E-state index contributed by atoms with van der Waals surface area (Å²) in [5, 5.41) is 5.64. The predicted octanol–water partition coefficient (Wildman–Crippen LogP) is 4.26. The van der Waals surface area contributed by atoms with Crippen molar-refractivity contribution in [2.75, 3.05) is 11.9 Å². The van der Waals surface area contributed by atoms with E-state index >= 15 is 0 Å². The Bertz CT molecular complexity index is 1000. The van der Waals surface area contributed by atoms with Crippen molar-refractivity contribution in [1.82, 2.24) is 5.32 Å². The molecule has 0 saturated carbocycles. The van der Waals surface area contributed by atoms with Crippen LogP contribution in [0.25, 0.3) is 0 Å². The third-order valence-corrected chi connectivity index (χ3v) is 4.66. The van der Waals surface area contributed by atoms with Crippen LogP contribution in [0.2, 0.25) is 0 Å². The number of anilines is 1. The third-order valence-electron chi connectivity index (χ3n) is 4.66. The standard InChI is InChI=1S/C25H24N2O3/c28-23(20-11-5-2-6-12-20)15-16-24(29)27-22-14-8-7-13-21(22)25(30)26-18-17-19-9-3-1-4-10-19/h1-14H,15-18H2,(H,26,30)(H,27,29). The highest BCUT2D eigenvalue weighted by atomic mass is 16.2. The Kier molecular flexibility index (Phi) is 7.50. The zero-order valence-corrected chi connectivity index (χ0v) is 16.6. The lowest BCUT2D eigenvalue weighted by Crippen LogP contribution is -2.27. The van der Waals surface area contributed by atoms with Gasteiger partial charge in [-0.3, -0.25) is 14.4 Å². The van der Waals surface area contributed by atoms with Gasteiger partial charge in [-0.05, 0) is 24.1 Å². The maximum Gasteiger partial charge on any atom is 0.253 e. The Hall–Kier alpha value is -3.73. The summed E-state index contributed by atoms with van der Waals surface area (Å²) in [6.07, 6.45) is 0.891. The van der Waals surface area contributed by atoms with Crippen LogP contribution in [0.5, 0.6) is 0 Å². The number of hydrogen-bond donors (Lipinski definition) is 2. The normalized spacial score (nSPS) is 10.3. The second-order valence-electron chi connectivity index (χ2n) is 6.87. The number of carbonyl (C=O) groups is 3. The van der Waals surface area contributed by atoms with Gasteiger partial charge in [-0.1, -0.05) is 72.8 Å². The topological polar surface area (TPSA) is 75.3 Å². The lowest BCUT2D eigenvalue weighted by atomic mass is 10.1. The van der Waals surface area contributed by atoms with Crippen molar-refractivity contribution in [2.45, 2.75) is 19.3 Å². The lowest BCUT2D eigenvalue weighted by molar-refractivity contribution is -0.116. The van der Waals surface area contributed by atoms with Gasteiger partial charge in [0.2, 0.25) is 5.91 Å². The van der Waals surface area contributed by atoms with Crippen molar-refractivity contribution in [2.24, 2.45) is 0 Å². The van der Waals surface area contributed by atoms with E-state index in [0.717, 1.165) is 12.0 Å². The second-order valence-corrected chi connectivity index (χ2v) is 6.87. The van der Waals surface area contributed by atoms with Crippen LogP contribution in [0.4, 0.5) is 5.69 Å². The van der Waals surface area contributed by atoms with Crippen molar-refractivity contribution >= 4 is 23.3 Å². The highest BCUT2D eigenvalue weighted by molar-refractivity contribution is 6.05. The third kappa shape index (κ3) is 6.14. The molecule has 0 spiro atoms. The molecule has 3 aromatic carbocycles. The van der Waals surface area contributed by atoms with E-state index in [1.807, 2.05) is 36.4 Å². The minimum Gasteiger partial charge on any atom is -0.352 e. The van der Waals surface area contributed by atoms with Crippen LogP contribution < -0.4 is 10.6 Å². The van der Waals surface area contributed by atoms with Gasteiger partial charge < -0.3 is 10.6 Å². The van der Waals surface area contributed by atoms with Crippen LogP contribution in [-0.2, 0) is 11.2 Å². The molecule has 3 rings (SSSR count). The molecule has 0 saturated heterocycles. The van der Waals surface area contributed by atoms with E-state index in [-0.39, 0.29) is 30.4 Å². The van der Waals surface area contributed by atoms with E-state index in [1.54, 1.807) is 48.5 Å².